The van der Waals surface area contributed by atoms with Gasteiger partial charge in [-0.05, 0) is 43.4 Å². The zero-order valence-corrected chi connectivity index (χ0v) is 11.0. The normalized spacial score (nSPS) is 16.3. The molecule has 1 saturated carbocycles. The van der Waals surface area contributed by atoms with Crippen molar-refractivity contribution in [3.63, 3.8) is 0 Å². The lowest BCUT2D eigenvalue weighted by molar-refractivity contribution is 0.444. The number of benzene rings is 1. The van der Waals surface area contributed by atoms with E-state index in [9.17, 15) is 4.39 Å². The van der Waals surface area contributed by atoms with Crippen LogP contribution in [-0.4, -0.2) is 9.78 Å². The summed E-state index contributed by atoms with van der Waals surface area (Å²) in [5, 5.41) is 7.77. The molecular weight excluding hydrogens is 241 g/mol. The standard InChI is InChI=1S/C15H18FN3/c1-11(13-4-5-13)19-15(8-9-18-19)17-10-12-2-6-14(16)7-3-12/h2-3,6-9,11,13,17H,4-5,10H2,1H3. The number of anilines is 1. The smallest absolute Gasteiger partial charge is 0.124 e. The zero-order chi connectivity index (χ0) is 13.2. The van der Waals surface area contributed by atoms with Gasteiger partial charge in [-0.2, -0.15) is 5.10 Å². The minimum Gasteiger partial charge on any atom is -0.366 e. The molecule has 19 heavy (non-hydrogen) atoms. The molecule has 2 aromatic rings. The average Bonchev–Trinajstić information content (AvgIpc) is 3.16. The summed E-state index contributed by atoms with van der Waals surface area (Å²) in [4.78, 5) is 0. The van der Waals surface area contributed by atoms with Crippen molar-refractivity contribution < 1.29 is 4.39 Å². The first-order chi connectivity index (χ1) is 9.24. The molecule has 1 aromatic heterocycles. The minimum atomic E-state index is -0.198. The molecule has 0 amide bonds. The predicted octanol–water partition coefficient (Wildman–Crippen LogP) is 3.61. The summed E-state index contributed by atoms with van der Waals surface area (Å²) in [6, 6.07) is 9.01. The number of nitrogens with one attached hydrogen (secondary N) is 1. The molecule has 1 aromatic carbocycles. The fourth-order valence-electron chi connectivity index (χ4n) is 2.35. The molecule has 100 valence electrons. The van der Waals surface area contributed by atoms with Crippen molar-refractivity contribution in [2.24, 2.45) is 5.92 Å². The number of hydrogen-bond acceptors (Lipinski definition) is 2. The molecule has 1 atom stereocenters. The number of rotatable bonds is 5. The molecule has 3 nitrogen and oxygen atoms in total. The van der Waals surface area contributed by atoms with Crippen LogP contribution in [0.2, 0.25) is 0 Å². The molecule has 1 N–H and O–H groups in total. The molecule has 0 spiro atoms. The summed E-state index contributed by atoms with van der Waals surface area (Å²) in [6.07, 6.45) is 4.43. The Morgan fingerprint density at radius 1 is 1.32 bits per heavy atom. The van der Waals surface area contributed by atoms with Crippen LogP contribution in [0.25, 0.3) is 0 Å². The molecule has 4 heteroatoms. The maximum atomic E-state index is 12.8. The van der Waals surface area contributed by atoms with E-state index in [1.54, 1.807) is 12.1 Å². The van der Waals surface area contributed by atoms with Crippen LogP contribution in [0.15, 0.2) is 36.5 Å². The van der Waals surface area contributed by atoms with E-state index in [4.69, 9.17) is 0 Å². The topological polar surface area (TPSA) is 29.9 Å². The highest BCUT2D eigenvalue weighted by Crippen LogP contribution is 2.40. The van der Waals surface area contributed by atoms with Gasteiger partial charge in [0.05, 0.1) is 12.2 Å². The van der Waals surface area contributed by atoms with Gasteiger partial charge in [0.2, 0.25) is 0 Å². The number of hydrogen-bond donors (Lipinski definition) is 1. The Morgan fingerprint density at radius 2 is 2.05 bits per heavy atom. The van der Waals surface area contributed by atoms with Gasteiger partial charge >= 0.3 is 0 Å². The van der Waals surface area contributed by atoms with Crippen molar-refractivity contribution in [3.05, 3.63) is 47.9 Å². The van der Waals surface area contributed by atoms with Gasteiger partial charge in [0.1, 0.15) is 11.6 Å². The molecule has 0 saturated heterocycles. The lowest BCUT2D eigenvalue weighted by atomic mass is 10.2. The summed E-state index contributed by atoms with van der Waals surface area (Å²) in [7, 11) is 0. The quantitative estimate of drug-likeness (QED) is 0.889. The van der Waals surface area contributed by atoms with Gasteiger partial charge < -0.3 is 5.32 Å². The molecule has 0 aliphatic heterocycles. The maximum Gasteiger partial charge on any atom is 0.124 e. The van der Waals surface area contributed by atoms with Gasteiger partial charge in [-0.3, -0.25) is 0 Å². The van der Waals surface area contributed by atoms with Crippen LogP contribution >= 0.6 is 0 Å². The second-order valence-corrected chi connectivity index (χ2v) is 5.22. The fourth-order valence-corrected chi connectivity index (χ4v) is 2.35. The number of aromatic nitrogens is 2. The van der Waals surface area contributed by atoms with Crippen molar-refractivity contribution in [2.45, 2.75) is 32.4 Å². The SMILES string of the molecule is CC(C1CC1)n1nccc1NCc1ccc(F)cc1. The fraction of sp³-hybridized carbons (Fsp3) is 0.400. The third kappa shape index (κ3) is 2.78. The minimum absolute atomic E-state index is 0.198. The van der Waals surface area contributed by atoms with E-state index in [0.29, 0.717) is 12.6 Å². The van der Waals surface area contributed by atoms with Crippen LogP contribution in [-0.2, 0) is 6.54 Å². The monoisotopic (exact) mass is 259 g/mol. The van der Waals surface area contributed by atoms with Crippen LogP contribution in [0.1, 0.15) is 31.4 Å². The van der Waals surface area contributed by atoms with Crippen LogP contribution in [0.3, 0.4) is 0 Å². The zero-order valence-electron chi connectivity index (χ0n) is 11.0. The molecule has 1 aliphatic carbocycles. The highest BCUT2D eigenvalue weighted by molar-refractivity contribution is 5.36. The third-order valence-corrected chi connectivity index (χ3v) is 3.75. The summed E-state index contributed by atoms with van der Waals surface area (Å²) < 4.78 is 14.9. The van der Waals surface area contributed by atoms with Gasteiger partial charge in [0.25, 0.3) is 0 Å². The van der Waals surface area contributed by atoms with E-state index in [-0.39, 0.29) is 5.82 Å². The van der Waals surface area contributed by atoms with E-state index in [0.717, 1.165) is 17.3 Å². The van der Waals surface area contributed by atoms with Crippen molar-refractivity contribution in [2.75, 3.05) is 5.32 Å². The van der Waals surface area contributed by atoms with Gasteiger partial charge in [0.15, 0.2) is 0 Å². The van der Waals surface area contributed by atoms with Gasteiger partial charge in [-0.25, -0.2) is 9.07 Å². The summed E-state index contributed by atoms with van der Waals surface area (Å²) >= 11 is 0. The van der Waals surface area contributed by atoms with Crippen LogP contribution in [0.4, 0.5) is 10.2 Å². The largest absolute Gasteiger partial charge is 0.366 e. The maximum absolute atomic E-state index is 12.8. The molecule has 1 fully saturated rings. The Bertz CT molecular complexity index is 543. The molecule has 0 radical (unpaired) electrons. The first kappa shape index (κ1) is 12.2. The number of halogens is 1. The van der Waals surface area contributed by atoms with Crippen molar-refractivity contribution >= 4 is 5.82 Å². The molecule has 3 rings (SSSR count). The predicted molar refractivity (Wildman–Crippen MR) is 73.4 cm³/mol. The third-order valence-electron chi connectivity index (χ3n) is 3.75. The molecule has 1 heterocycles. The van der Waals surface area contributed by atoms with E-state index < -0.39 is 0 Å². The first-order valence-corrected chi connectivity index (χ1v) is 6.76. The second-order valence-electron chi connectivity index (χ2n) is 5.22. The Morgan fingerprint density at radius 3 is 2.74 bits per heavy atom. The van der Waals surface area contributed by atoms with E-state index in [1.165, 1.54) is 25.0 Å². The lowest BCUT2D eigenvalue weighted by Crippen LogP contribution is -2.13. The summed E-state index contributed by atoms with van der Waals surface area (Å²) in [5.41, 5.74) is 1.06. The van der Waals surface area contributed by atoms with Crippen LogP contribution < -0.4 is 5.32 Å². The van der Waals surface area contributed by atoms with Gasteiger partial charge in [-0.1, -0.05) is 12.1 Å². The molecular formula is C15H18FN3. The number of nitrogens with zero attached hydrogens (tertiary/aromatic N) is 2. The molecule has 0 bridgehead atoms. The lowest BCUT2D eigenvalue weighted by Gasteiger charge is -2.16. The molecule has 1 unspecified atom stereocenters. The van der Waals surface area contributed by atoms with Crippen molar-refractivity contribution in [3.8, 4) is 0 Å². The van der Waals surface area contributed by atoms with Crippen molar-refractivity contribution in [1.82, 2.24) is 9.78 Å². The van der Waals surface area contributed by atoms with E-state index in [1.807, 2.05) is 12.3 Å². The first-order valence-electron chi connectivity index (χ1n) is 6.76. The Hall–Kier alpha value is -1.84. The highest BCUT2D eigenvalue weighted by Gasteiger charge is 2.30. The summed E-state index contributed by atoms with van der Waals surface area (Å²) in [6.45, 7) is 2.90. The Kier molecular flexibility index (Phi) is 3.23. The van der Waals surface area contributed by atoms with Crippen LogP contribution in [0, 0.1) is 11.7 Å². The Labute approximate surface area is 112 Å². The average molecular weight is 259 g/mol. The van der Waals surface area contributed by atoms with Crippen molar-refractivity contribution in [1.29, 1.82) is 0 Å². The van der Waals surface area contributed by atoms with E-state index >= 15 is 0 Å². The Balaban J connectivity index is 1.66. The van der Waals surface area contributed by atoms with E-state index in [2.05, 4.69) is 22.0 Å². The second kappa shape index (κ2) is 5.03. The molecule has 1 aliphatic rings. The summed E-state index contributed by atoms with van der Waals surface area (Å²) in [5.74, 6) is 1.60. The van der Waals surface area contributed by atoms with Crippen LogP contribution in [0.5, 0.6) is 0 Å². The van der Waals surface area contributed by atoms with Gasteiger partial charge in [-0.15, -0.1) is 0 Å². The highest BCUT2D eigenvalue weighted by atomic mass is 19.1. The van der Waals surface area contributed by atoms with Gasteiger partial charge in [0, 0.05) is 12.6 Å².